The van der Waals surface area contributed by atoms with Crippen molar-refractivity contribution in [2.75, 3.05) is 31.1 Å². The van der Waals surface area contributed by atoms with Gasteiger partial charge in [0.05, 0.1) is 11.3 Å². The fraction of sp³-hybridized carbons (Fsp3) is 0.321. The fourth-order valence-corrected chi connectivity index (χ4v) is 9.94. The molecule has 1 fully saturated rings. The standard InChI is InChI=1S/C53H55N7O4/c1-36-46(52(62)60(43-20-10-6-11-21-43)48-30-44(32-54)55(3)37(48)2)31-49(56(36)4)50-47-29-41(23-22-39(47)24-27-58(50)53(63)64-35-38-16-8-5-9-17-38)51(61)59-33-42-19-13-12-18-40(42)28-45(59)34-57-25-14-7-15-26-57/h5-6,8-13,16-23,29-31,45,50H,7,14-15,24-28,33-35H2,1-4H3/t45-,50?/m0/s1. The summed E-state index contributed by atoms with van der Waals surface area (Å²) in [7, 11) is 3.74. The van der Waals surface area contributed by atoms with Crippen LogP contribution in [-0.2, 0) is 44.8 Å². The average Bonchev–Trinajstić information content (AvgIpc) is 3.79. The molecule has 9 rings (SSSR count). The number of anilines is 2. The molecule has 4 aromatic carbocycles. The van der Waals surface area contributed by atoms with Gasteiger partial charge in [-0.2, -0.15) is 5.26 Å². The molecule has 64 heavy (non-hydrogen) atoms. The second-order valence-corrected chi connectivity index (χ2v) is 17.5. The first-order chi connectivity index (χ1) is 31.1. The first-order valence-corrected chi connectivity index (χ1v) is 22.4. The molecule has 11 nitrogen and oxygen atoms in total. The maximum Gasteiger partial charge on any atom is 0.410 e. The van der Waals surface area contributed by atoms with Crippen LogP contribution < -0.4 is 4.90 Å². The molecular weight excluding hydrogens is 799 g/mol. The van der Waals surface area contributed by atoms with Gasteiger partial charge in [0, 0.05) is 68.1 Å². The third-order valence-electron chi connectivity index (χ3n) is 13.8. The van der Waals surface area contributed by atoms with Crippen molar-refractivity contribution in [3.05, 3.63) is 177 Å². The smallest absolute Gasteiger partial charge is 0.410 e. The van der Waals surface area contributed by atoms with E-state index in [1.54, 1.807) is 20.4 Å². The average molecular weight is 854 g/mol. The van der Waals surface area contributed by atoms with E-state index < -0.39 is 12.1 Å². The van der Waals surface area contributed by atoms with Crippen LogP contribution in [0.4, 0.5) is 16.2 Å². The van der Waals surface area contributed by atoms with Crippen LogP contribution in [0.25, 0.3) is 0 Å². The summed E-state index contributed by atoms with van der Waals surface area (Å²) >= 11 is 0. The minimum Gasteiger partial charge on any atom is -0.445 e. The van der Waals surface area contributed by atoms with Gasteiger partial charge in [-0.05, 0) is 117 Å². The SMILES string of the molecule is Cc1c(N(C(=O)c2cc(C3c4cc(C(=O)N5Cc6ccccc6C[C@H]5CN5CCCCC5)ccc4CCN3C(=O)OCc3ccccc3)n(C)c2C)c2ccccc2)cc(C#N)n1C. The van der Waals surface area contributed by atoms with Crippen molar-refractivity contribution < 1.29 is 19.1 Å². The lowest BCUT2D eigenvalue weighted by molar-refractivity contribution is 0.0565. The summed E-state index contributed by atoms with van der Waals surface area (Å²) in [5.41, 5.74) is 10.1. The number of fused-ring (bicyclic) bond motifs is 2. The Kier molecular flexibility index (Phi) is 12.0. The maximum atomic E-state index is 15.1. The fourth-order valence-electron chi connectivity index (χ4n) is 9.94. The van der Waals surface area contributed by atoms with Gasteiger partial charge < -0.3 is 23.7 Å². The largest absolute Gasteiger partial charge is 0.445 e. The Morgan fingerprint density at radius 1 is 0.750 bits per heavy atom. The Morgan fingerprint density at radius 3 is 2.17 bits per heavy atom. The molecule has 0 bridgehead atoms. The molecule has 3 aliphatic heterocycles. The second kappa shape index (κ2) is 18.1. The number of aromatic nitrogens is 2. The van der Waals surface area contributed by atoms with Crippen LogP contribution in [0.2, 0.25) is 0 Å². The highest BCUT2D eigenvalue weighted by atomic mass is 16.6. The molecule has 2 aromatic heterocycles. The number of carbonyl (C=O) groups is 3. The summed E-state index contributed by atoms with van der Waals surface area (Å²) in [4.78, 5) is 52.6. The molecule has 326 valence electrons. The van der Waals surface area contributed by atoms with Gasteiger partial charge in [0.25, 0.3) is 11.8 Å². The number of para-hydroxylation sites is 1. The molecule has 0 radical (unpaired) electrons. The van der Waals surface area contributed by atoms with Gasteiger partial charge in [0.1, 0.15) is 24.4 Å². The number of rotatable bonds is 9. The Bertz CT molecular complexity index is 2740. The molecule has 0 saturated carbocycles. The number of nitriles is 1. The number of ether oxygens (including phenoxy) is 1. The van der Waals surface area contributed by atoms with Crippen LogP contribution in [0.1, 0.15) is 96.6 Å². The summed E-state index contributed by atoms with van der Waals surface area (Å²) in [5.74, 6) is -0.304. The summed E-state index contributed by atoms with van der Waals surface area (Å²) in [6, 6.07) is 38.7. The molecule has 0 spiro atoms. The molecule has 1 saturated heterocycles. The molecule has 0 aliphatic carbocycles. The van der Waals surface area contributed by atoms with Crippen LogP contribution in [0.15, 0.2) is 115 Å². The zero-order valence-corrected chi connectivity index (χ0v) is 37.2. The number of amides is 3. The molecule has 0 N–H and O–H groups in total. The Hall–Kier alpha value is -6.90. The highest BCUT2D eigenvalue weighted by Crippen LogP contribution is 2.40. The summed E-state index contributed by atoms with van der Waals surface area (Å²) in [6.07, 6.45) is 4.49. The highest BCUT2D eigenvalue weighted by molar-refractivity contribution is 6.12. The molecule has 2 atom stereocenters. The number of hydrogen-bond donors (Lipinski definition) is 0. The minimum absolute atomic E-state index is 0.0194. The lowest BCUT2D eigenvalue weighted by atomic mass is 9.88. The number of piperidine rings is 1. The van der Waals surface area contributed by atoms with Crippen LogP contribution in [0, 0.1) is 25.2 Å². The molecule has 1 unspecified atom stereocenters. The van der Waals surface area contributed by atoms with Crippen molar-refractivity contribution in [2.24, 2.45) is 14.1 Å². The summed E-state index contributed by atoms with van der Waals surface area (Å²) in [6.45, 7) is 7.75. The van der Waals surface area contributed by atoms with Crippen LogP contribution in [-0.4, -0.2) is 74.0 Å². The zero-order chi connectivity index (χ0) is 44.5. The summed E-state index contributed by atoms with van der Waals surface area (Å²) < 4.78 is 9.81. The normalized spacial score (nSPS) is 17.3. The Morgan fingerprint density at radius 2 is 1.45 bits per heavy atom. The van der Waals surface area contributed by atoms with Crippen molar-refractivity contribution in [1.82, 2.24) is 23.8 Å². The van der Waals surface area contributed by atoms with E-state index in [1.165, 1.54) is 30.4 Å². The van der Waals surface area contributed by atoms with E-state index in [9.17, 15) is 10.1 Å². The molecule has 3 amide bonds. The molecule has 6 aromatic rings. The van der Waals surface area contributed by atoms with E-state index in [-0.39, 0.29) is 24.5 Å². The number of hydrogen-bond acceptors (Lipinski definition) is 6. The third kappa shape index (κ3) is 8.10. The van der Waals surface area contributed by atoms with Gasteiger partial charge in [-0.15, -0.1) is 0 Å². The van der Waals surface area contributed by atoms with Gasteiger partial charge in [0.15, 0.2) is 0 Å². The van der Waals surface area contributed by atoms with Gasteiger partial charge in [-0.1, -0.05) is 85.3 Å². The van der Waals surface area contributed by atoms with Crippen molar-refractivity contribution in [3.63, 3.8) is 0 Å². The van der Waals surface area contributed by atoms with Crippen LogP contribution in [0.5, 0.6) is 0 Å². The van der Waals surface area contributed by atoms with E-state index in [1.807, 2.05) is 124 Å². The lowest BCUT2D eigenvalue weighted by Gasteiger charge is -2.41. The minimum atomic E-state index is -0.676. The first kappa shape index (κ1) is 42.4. The number of benzene rings is 4. The molecule has 3 aliphatic rings. The first-order valence-electron chi connectivity index (χ1n) is 22.4. The van der Waals surface area contributed by atoms with Crippen molar-refractivity contribution in [2.45, 2.75) is 71.2 Å². The topological polar surface area (TPSA) is 107 Å². The van der Waals surface area contributed by atoms with Gasteiger partial charge in [-0.25, -0.2) is 4.79 Å². The van der Waals surface area contributed by atoms with E-state index in [4.69, 9.17) is 4.74 Å². The maximum absolute atomic E-state index is 15.1. The van der Waals surface area contributed by atoms with Crippen LogP contribution in [0.3, 0.4) is 0 Å². The van der Waals surface area contributed by atoms with Crippen molar-refractivity contribution >= 4 is 29.3 Å². The quantitative estimate of drug-likeness (QED) is 0.144. The third-order valence-corrected chi connectivity index (χ3v) is 13.8. The zero-order valence-electron chi connectivity index (χ0n) is 37.2. The van der Waals surface area contributed by atoms with Gasteiger partial charge in [0.2, 0.25) is 0 Å². The van der Waals surface area contributed by atoms with Crippen LogP contribution >= 0.6 is 0 Å². The Labute approximate surface area is 375 Å². The number of nitrogens with zero attached hydrogens (tertiary/aromatic N) is 7. The predicted molar refractivity (Wildman–Crippen MR) is 247 cm³/mol. The summed E-state index contributed by atoms with van der Waals surface area (Å²) in [5, 5.41) is 9.95. The molecule has 11 heteroatoms. The molecular formula is C53H55N7O4. The van der Waals surface area contributed by atoms with Gasteiger partial charge in [-0.3, -0.25) is 19.4 Å². The predicted octanol–water partition coefficient (Wildman–Crippen LogP) is 9.17. The Balaban J connectivity index is 1.12. The number of carbonyl (C=O) groups excluding carboxylic acids is 3. The van der Waals surface area contributed by atoms with Crippen molar-refractivity contribution in [1.29, 1.82) is 5.26 Å². The van der Waals surface area contributed by atoms with E-state index in [0.717, 1.165) is 48.4 Å². The number of likely N-dealkylation sites (tertiary alicyclic amines) is 1. The monoisotopic (exact) mass is 853 g/mol. The second-order valence-electron chi connectivity index (χ2n) is 17.5. The van der Waals surface area contributed by atoms with Crippen molar-refractivity contribution in [3.8, 4) is 6.07 Å². The van der Waals surface area contributed by atoms with E-state index in [2.05, 4.69) is 34.1 Å². The highest BCUT2D eigenvalue weighted by Gasteiger charge is 2.39. The van der Waals surface area contributed by atoms with E-state index in [0.29, 0.717) is 59.1 Å². The lowest BCUT2D eigenvalue weighted by Crippen LogP contribution is -2.51. The molecule has 5 heterocycles. The van der Waals surface area contributed by atoms with E-state index >= 15 is 9.59 Å². The van der Waals surface area contributed by atoms with Gasteiger partial charge >= 0.3 is 6.09 Å².